The molecule has 2 aliphatic rings. The van der Waals surface area contributed by atoms with E-state index in [1.54, 1.807) is 0 Å². The predicted octanol–water partition coefficient (Wildman–Crippen LogP) is 2.54. The molecule has 3 rings (SSSR count). The van der Waals surface area contributed by atoms with E-state index >= 15 is 0 Å². The highest BCUT2D eigenvalue weighted by molar-refractivity contribution is 5.97. The second-order valence-corrected chi connectivity index (χ2v) is 7.29. The molecule has 0 radical (unpaired) electrons. The quantitative estimate of drug-likeness (QED) is 0.633. The number of nitrogens with zero attached hydrogens (tertiary/aromatic N) is 1. The summed E-state index contributed by atoms with van der Waals surface area (Å²) in [7, 11) is 0. The highest BCUT2D eigenvalue weighted by atomic mass is 35.5. The fourth-order valence-corrected chi connectivity index (χ4v) is 3.43. The molecule has 1 aromatic rings. The molecule has 2 fully saturated rings. The van der Waals surface area contributed by atoms with Gasteiger partial charge in [0.05, 0.1) is 5.92 Å². The van der Waals surface area contributed by atoms with Gasteiger partial charge >= 0.3 is 0 Å². The first-order chi connectivity index (χ1) is 12.7. The largest absolute Gasteiger partial charge is 0.371 e. The molecule has 3 N–H and O–H groups in total. The van der Waals surface area contributed by atoms with Gasteiger partial charge in [0.2, 0.25) is 11.8 Å². The summed E-state index contributed by atoms with van der Waals surface area (Å²) < 4.78 is 0. The van der Waals surface area contributed by atoms with Crippen molar-refractivity contribution < 1.29 is 9.59 Å². The van der Waals surface area contributed by atoms with E-state index in [4.69, 9.17) is 0 Å². The van der Waals surface area contributed by atoms with Gasteiger partial charge in [-0.05, 0) is 37.5 Å². The van der Waals surface area contributed by atoms with Crippen molar-refractivity contribution in [3.63, 3.8) is 0 Å². The number of amides is 2. The summed E-state index contributed by atoms with van der Waals surface area (Å²) in [5, 5.41) is 9.04. The summed E-state index contributed by atoms with van der Waals surface area (Å²) in [5.74, 6) is -0.158. The Morgan fingerprint density at radius 2 is 2.00 bits per heavy atom. The average Bonchev–Trinajstić information content (AvgIpc) is 3.11. The Balaban J connectivity index is 0.00000261. The van der Waals surface area contributed by atoms with Crippen LogP contribution >= 0.6 is 12.4 Å². The second-order valence-electron chi connectivity index (χ2n) is 7.29. The SMILES string of the molecule is CCCCC(NC(=O)C1CNC1)C(=O)Nc1cccc(N2CCCC2)c1.Cl. The maximum atomic E-state index is 12.8. The minimum absolute atomic E-state index is 0. The lowest BCUT2D eigenvalue weighted by atomic mass is 10.0. The summed E-state index contributed by atoms with van der Waals surface area (Å²) in [5.41, 5.74) is 1.94. The van der Waals surface area contributed by atoms with E-state index in [9.17, 15) is 9.59 Å². The molecule has 150 valence electrons. The molecule has 27 heavy (non-hydrogen) atoms. The number of hydrogen-bond acceptors (Lipinski definition) is 4. The van der Waals surface area contributed by atoms with Crippen LogP contribution in [0.1, 0.15) is 39.0 Å². The van der Waals surface area contributed by atoms with Crippen LogP contribution in [-0.2, 0) is 9.59 Å². The van der Waals surface area contributed by atoms with E-state index in [0.29, 0.717) is 19.5 Å². The Hall–Kier alpha value is -1.79. The summed E-state index contributed by atoms with van der Waals surface area (Å²) in [6.45, 7) is 5.63. The number of rotatable bonds is 8. The highest BCUT2D eigenvalue weighted by Gasteiger charge is 2.29. The van der Waals surface area contributed by atoms with Gasteiger partial charge in [-0.25, -0.2) is 0 Å². The first kappa shape index (κ1) is 21.5. The minimum Gasteiger partial charge on any atom is -0.371 e. The van der Waals surface area contributed by atoms with Gasteiger partial charge in [-0.15, -0.1) is 12.4 Å². The summed E-state index contributed by atoms with van der Waals surface area (Å²) >= 11 is 0. The Kier molecular flexibility index (Phi) is 8.38. The van der Waals surface area contributed by atoms with Crippen LogP contribution in [0.5, 0.6) is 0 Å². The van der Waals surface area contributed by atoms with Crippen molar-refractivity contribution in [1.29, 1.82) is 0 Å². The monoisotopic (exact) mass is 394 g/mol. The van der Waals surface area contributed by atoms with Crippen LogP contribution in [0.3, 0.4) is 0 Å². The molecule has 1 unspecified atom stereocenters. The van der Waals surface area contributed by atoms with Crippen molar-refractivity contribution in [2.45, 2.75) is 45.1 Å². The number of nitrogens with one attached hydrogen (secondary N) is 3. The Labute approximate surface area is 167 Å². The molecule has 1 aromatic carbocycles. The highest BCUT2D eigenvalue weighted by Crippen LogP contribution is 2.23. The molecule has 7 heteroatoms. The molecule has 2 amide bonds. The topological polar surface area (TPSA) is 73.5 Å². The molecular weight excluding hydrogens is 364 g/mol. The third kappa shape index (κ3) is 5.84. The molecule has 2 heterocycles. The number of halogens is 1. The molecule has 2 saturated heterocycles. The zero-order valence-electron chi connectivity index (χ0n) is 16.0. The Morgan fingerprint density at radius 1 is 1.26 bits per heavy atom. The van der Waals surface area contributed by atoms with E-state index < -0.39 is 6.04 Å². The van der Waals surface area contributed by atoms with Gasteiger partial charge in [-0.3, -0.25) is 9.59 Å². The molecule has 0 saturated carbocycles. The van der Waals surface area contributed by atoms with Gasteiger partial charge < -0.3 is 20.9 Å². The van der Waals surface area contributed by atoms with Crippen molar-refractivity contribution in [2.24, 2.45) is 5.92 Å². The molecule has 0 aliphatic carbocycles. The number of unbranched alkanes of at least 4 members (excludes halogenated alkanes) is 1. The number of carbonyl (C=O) groups is 2. The second kappa shape index (κ2) is 10.5. The fourth-order valence-electron chi connectivity index (χ4n) is 3.43. The van der Waals surface area contributed by atoms with Crippen LogP contribution in [0.4, 0.5) is 11.4 Å². The van der Waals surface area contributed by atoms with Gasteiger partial charge in [0.25, 0.3) is 0 Å². The van der Waals surface area contributed by atoms with Crippen LogP contribution in [0.2, 0.25) is 0 Å². The van der Waals surface area contributed by atoms with Crippen LogP contribution in [0, 0.1) is 5.92 Å². The van der Waals surface area contributed by atoms with Crippen molar-refractivity contribution in [1.82, 2.24) is 10.6 Å². The zero-order chi connectivity index (χ0) is 18.4. The molecule has 0 aromatic heterocycles. The van der Waals surface area contributed by atoms with Crippen molar-refractivity contribution in [2.75, 3.05) is 36.4 Å². The minimum atomic E-state index is -0.474. The van der Waals surface area contributed by atoms with Crippen LogP contribution in [0.25, 0.3) is 0 Å². The number of hydrogen-bond donors (Lipinski definition) is 3. The molecule has 0 spiro atoms. The van der Waals surface area contributed by atoms with Gasteiger partial charge in [0.1, 0.15) is 6.04 Å². The van der Waals surface area contributed by atoms with Crippen LogP contribution < -0.4 is 20.9 Å². The Bertz CT molecular complexity index is 630. The first-order valence-corrected chi connectivity index (χ1v) is 9.84. The maximum Gasteiger partial charge on any atom is 0.246 e. The first-order valence-electron chi connectivity index (χ1n) is 9.84. The summed E-state index contributed by atoms with van der Waals surface area (Å²) in [6, 6.07) is 7.52. The van der Waals surface area contributed by atoms with E-state index in [-0.39, 0.29) is 30.1 Å². The number of anilines is 2. The van der Waals surface area contributed by atoms with Crippen LogP contribution in [0.15, 0.2) is 24.3 Å². The average molecular weight is 395 g/mol. The van der Waals surface area contributed by atoms with Crippen molar-refractivity contribution >= 4 is 35.6 Å². The van der Waals surface area contributed by atoms with Gasteiger partial charge in [-0.2, -0.15) is 0 Å². The van der Waals surface area contributed by atoms with E-state index in [2.05, 4.69) is 33.8 Å². The summed E-state index contributed by atoms with van der Waals surface area (Å²) in [6.07, 6.45) is 5.01. The van der Waals surface area contributed by atoms with Crippen molar-refractivity contribution in [3.8, 4) is 0 Å². The van der Waals surface area contributed by atoms with Gasteiger partial charge in [-0.1, -0.05) is 25.8 Å². The summed E-state index contributed by atoms with van der Waals surface area (Å²) in [4.78, 5) is 27.3. The zero-order valence-corrected chi connectivity index (χ0v) is 16.8. The maximum absolute atomic E-state index is 12.8. The number of benzene rings is 1. The molecule has 6 nitrogen and oxygen atoms in total. The van der Waals surface area contributed by atoms with Crippen molar-refractivity contribution in [3.05, 3.63) is 24.3 Å². The van der Waals surface area contributed by atoms with E-state index in [1.807, 2.05) is 18.2 Å². The van der Waals surface area contributed by atoms with E-state index in [0.717, 1.165) is 37.3 Å². The third-order valence-electron chi connectivity index (χ3n) is 5.22. The standard InChI is InChI=1S/C20H30N4O2.ClH/c1-2-3-9-18(23-19(25)15-13-21-14-15)20(26)22-16-7-6-8-17(12-16)24-10-4-5-11-24;/h6-8,12,15,18,21H,2-5,9-11,13-14H2,1H3,(H,22,26)(H,23,25);1H. The lowest BCUT2D eigenvalue weighted by Crippen LogP contribution is -2.54. The molecule has 1 atom stereocenters. The number of carbonyl (C=O) groups excluding carboxylic acids is 2. The molecule has 2 aliphatic heterocycles. The predicted molar refractivity (Wildman–Crippen MR) is 112 cm³/mol. The Morgan fingerprint density at radius 3 is 2.63 bits per heavy atom. The smallest absolute Gasteiger partial charge is 0.246 e. The van der Waals surface area contributed by atoms with Crippen LogP contribution in [-0.4, -0.2) is 44.0 Å². The lowest BCUT2D eigenvalue weighted by molar-refractivity contribution is -0.130. The van der Waals surface area contributed by atoms with E-state index in [1.165, 1.54) is 12.8 Å². The van der Waals surface area contributed by atoms with Gasteiger partial charge in [0.15, 0.2) is 0 Å². The third-order valence-corrected chi connectivity index (χ3v) is 5.22. The normalized spacial score (nSPS) is 17.6. The fraction of sp³-hybridized carbons (Fsp3) is 0.600. The lowest BCUT2D eigenvalue weighted by Gasteiger charge is -2.28. The molecular formula is C20H31ClN4O2. The van der Waals surface area contributed by atoms with Gasteiger partial charge in [0, 0.05) is 37.6 Å². The molecule has 0 bridgehead atoms.